The zero-order chi connectivity index (χ0) is 13.1. The van der Waals surface area contributed by atoms with Crippen LogP contribution in [0.15, 0.2) is 24.5 Å². The number of hydrogen-bond donors (Lipinski definition) is 0. The Labute approximate surface area is 109 Å². The third-order valence-electron chi connectivity index (χ3n) is 2.95. The summed E-state index contributed by atoms with van der Waals surface area (Å²) >= 11 is 5.74. The van der Waals surface area contributed by atoms with Crippen LogP contribution in [-0.2, 0) is 9.47 Å². The molecular weight excluding hydrogens is 262 g/mol. The number of methoxy groups -OCH3 is 1. The summed E-state index contributed by atoms with van der Waals surface area (Å²) in [5, 5.41) is 0. The summed E-state index contributed by atoms with van der Waals surface area (Å²) in [4.78, 5) is 0. The Morgan fingerprint density at radius 3 is 2.83 bits per heavy atom. The van der Waals surface area contributed by atoms with Crippen LogP contribution in [-0.4, -0.2) is 25.2 Å². The zero-order valence-electron chi connectivity index (χ0n) is 9.83. The van der Waals surface area contributed by atoms with Crippen molar-refractivity contribution in [3.05, 3.63) is 41.7 Å². The molecule has 0 N–H and O–H groups in total. The molecule has 98 valence electrons. The van der Waals surface area contributed by atoms with Crippen molar-refractivity contribution in [1.82, 2.24) is 0 Å². The molecule has 0 bridgehead atoms. The normalized spacial score (nSPS) is 23.4. The monoisotopic (exact) mass is 274 g/mol. The molecule has 0 aromatic heterocycles. The van der Waals surface area contributed by atoms with E-state index in [1.165, 1.54) is 18.4 Å². The van der Waals surface area contributed by atoms with Crippen molar-refractivity contribution in [2.45, 2.75) is 18.6 Å². The standard InChI is InChI=1S/C13H13ClF2O2/c1-17-12-4-8(7-18-13(12)6-14)10-3-2-9(15)5-11(10)16/h2-3,5,7,12-13H,4,6H2,1H3. The first-order valence-electron chi connectivity index (χ1n) is 5.54. The van der Waals surface area contributed by atoms with E-state index >= 15 is 0 Å². The van der Waals surface area contributed by atoms with E-state index in [0.717, 1.165) is 6.07 Å². The lowest BCUT2D eigenvalue weighted by atomic mass is 9.96. The maximum atomic E-state index is 13.6. The molecule has 0 spiro atoms. The van der Waals surface area contributed by atoms with Gasteiger partial charge in [0.25, 0.3) is 0 Å². The van der Waals surface area contributed by atoms with Gasteiger partial charge in [0.05, 0.1) is 18.2 Å². The fourth-order valence-corrected chi connectivity index (χ4v) is 2.22. The van der Waals surface area contributed by atoms with Crippen molar-refractivity contribution >= 4 is 17.2 Å². The van der Waals surface area contributed by atoms with Gasteiger partial charge in [-0.1, -0.05) is 0 Å². The second kappa shape index (κ2) is 5.67. The Kier molecular flexibility index (Phi) is 4.19. The van der Waals surface area contributed by atoms with Crippen molar-refractivity contribution in [2.24, 2.45) is 0 Å². The maximum Gasteiger partial charge on any atom is 0.138 e. The first-order chi connectivity index (χ1) is 8.65. The van der Waals surface area contributed by atoms with E-state index in [1.54, 1.807) is 7.11 Å². The van der Waals surface area contributed by atoms with Gasteiger partial charge in [-0.25, -0.2) is 8.78 Å². The average molecular weight is 275 g/mol. The largest absolute Gasteiger partial charge is 0.494 e. The van der Waals surface area contributed by atoms with Gasteiger partial charge in [-0.15, -0.1) is 11.6 Å². The molecule has 2 atom stereocenters. The fourth-order valence-electron chi connectivity index (χ4n) is 1.95. The van der Waals surface area contributed by atoms with Crippen LogP contribution in [0.5, 0.6) is 0 Å². The summed E-state index contributed by atoms with van der Waals surface area (Å²) in [6.45, 7) is 0. The van der Waals surface area contributed by atoms with Crippen LogP contribution in [0.3, 0.4) is 0 Å². The molecular formula is C13H13ClF2O2. The molecule has 0 fully saturated rings. The van der Waals surface area contributed by atoms with Crippen molar-refractivity contribution < 1.29 is 18.3 Å². The van der Waals surface area contributed by atoms with Crippen molar-refractivity contribution in [2.75, 3.05) is 13.0 Å². The third-order valence-corrected chi connectivity index (χ3v) is 3.26. The Morgan fingerprint density at radius 1 is 1.44 bits per heavy atom. The van der Waals surface area contributed by atoms with Crippen LogP contribution >= 0.6 is 11.6 Å². The Morgan fingerprint density at radius 2 is 2.22 bits per heavy atom. The second-order valence-electron chi connectivity index (χ2n) is 4.07. The Balaban J connectivity index is 2.26. The Hall–Kier alpha value is -1.13. The molecule has 1 aromatic rings. The maximum absolute atomic E-state index is 13.6. The molecule has 1 heterocycles. The number of hydrogen-bond acceptors (Lipinski definition) is 2. The predicted octanol–water partition coefficient (Wildman–Crippen LogP) is 3.35. The predicted molar refractivity (Wildman–Crippen MR) is 65.3 cm³/mol. The first kappa shape index (κ1) is 13.3. The molecule has 2 nitrogen and oxygen atoms in total. The highest BCUT2D eigenvalue weighted by Gasteiger charge is 2.28. The van der Waals surface area contributed by atoms with E-state index in [1.807, 2.05) is 0 Å². The molecule has 0 saturated carbocycles. The molecule has 5 heteroatoms. The van der Waals surface area contributed by atoms with Gasteiger partial charge in [-0.05, 0) is 17.7 Å². The van der Waals surface area contributed by atoms with Gasteiger partial charge < -0.3 is 9.47 Å². The summed E-state index contributed by atoms with van der Waals surface area (Å²) in [7, 11) is 1.55. The molecule has 2 rings (SSSR count). The van der Waals surface area contributed by atoms with E-state index in [4.69, 9.17) is 21.1 Å². The van der Waals surface area contributed by atoms with Crippen molar-refractivity contribution in [1.29, 1.82) is 0 Å². The zero-order valence-corrected chi connectivity index (χ0v) is 10.6. The Bertz CT molecular complexity index is 462. The number of rotatable bonds is 3. The lowest BCUT2D eigenvalue weighted by Crippen LogP contribution is -2.34. The minimum Gasteiger partial charge on any atom is -0.494 e. The van der Waals surface area contributed by atoms with Gasteiger partial charge in [0.1, 0.15) is 17.7 Å². The van der Waals surface area contributed by atoms with Crippen LogP contribution in [0.25, 0.3) is 5.57 Å². The molecule has 0 radical (unpaired) electrons. The summed E-state index contributed by atoms with van der Waals surface area (Å²) in [6, 6.07) is 3.47. The van der Waals surface area contributed by atoms with Gasteiger partial charge in [0.15, 0.2) is 0 Å². The number of halogens is 3. The highest BCUT2D eigenvalue weighted by molar-refractivity contribution is 6.18. The van der Waals surface area contributed by atoms with Crippen LogP contribution < -0.4 is 0 Å². The minimum absolute atomic E-state index is 0.230. The van der Waals surface area contributed by atoms with Gasteiger partial charge in [-0.2, -0.15) is 0 Å². The van der Waals surface area contributed by atoms with Crippen LogP contribution in [0, 0.1) is 11.6 Å². The van der Waals surface area contributed by atoms with Crippen LogP contribution in [0.1, 0.15) is 12.0 Å². The SMILES string of the molecule is COC1CC(c2ccc(F)cc2F)=COC1CCl. The minimum atomic E-state index is -0.607. The quantitative estimate of drug-likeness (QED) is 0.787. The highest BCUT2D eigenvalue weighted by atomic mass is 35.5. The lowest BCUT2D eigenvalue weighted by Gasteiger charge is -2.29. The van der Waals surface area contributed by atoms with Gasteiger partial charge in [-0.3, -0.25) is 0 Å². The molecule has 1 aliphatic heterocycles. The number of ether oxygens (including phenoxy) is 2. The van der Waals surface area contributed by atoms with E-state index in [9.17, 15) is 8.78 Å². The van der Waals surface area contributed by atoms with Crippen LogP contribution in [0.4, 0.5) is 8.78 Å². The highest BCUT2D eigenvalue weighted by Crippen LogP contribution is 2.30. The topological polar surface area (TPSA) is 18.5 Å². The van der Waals surface area contributed by atoms with Gasteiger partial charge >= 0.3 is 0 Å². The first-order valence-corrected chi connectivity index (χ1v) is 6.08. The number of benzene rings is 1. The second-order valence-corrected chi connectivity index (χ2v) is 4.38. The molecule has 2 unspecified atom stereocenters. The van der Waals surface area contributed by atoms with Gasteiger partial charge in [0.2, 0.25) is 0 Å². The summed E-state index contributed by atoms with van der Waals surface area (Å²) in [5.41, 5.74) is 0.965. The summed E-state index contributed by atoms with van der Waals surface area (Å²) in [6.07, 6.45) is 1.48. The van der Waals surface area contributed by atoms with Crippen molar-refractivity contribution in [3.8, 4) is 0 Å². The summed E-state index contributed by atoms with van der Waals surface area (Å²) < 4.78 is 37.1. The molecule has 0 aliphatic carbocycles. The smallest absolute Gasteiger partial charge is 0.138 e. The van der Waals surface area contributed by atoms with E-state index in [-0.39, 0.29) is 12.2 Å². The molecule has 0 saturated heterocycles. The van der Waals surface area contributed by atoms with Crippen LogP contribution in [0.2, 0.25) is 0 Å². The van der Waals surface area contributed by atoms with E-state index < -0.39 is 11.6 Å². The van der Waals surface area contributed by atoms with Gasteiger partial charge in [0, 0.05) is 25.2 Å². The van der Waals surface area contributed by atoms with E-state index in [2.05, 4.69) is 0 Å². The summed E-state index contributed by atoms with van der Waals surface area (Å²) in [5.74, 6) is -0.909. The molecule has 0 amide bonds. The third kappa shape index (κ3) is 2.65. The fraction of sp³-hybridized carbons (Fsp3) is 0.385. The molecule has 1 aliphatic rings. The van der Waals surface area contributed by atoms with Crippen molar-refractivity contribution in [3.63, 3.8) is 0 Å². The molecule has 1 aromatic carbocycles. The molecule has 18 heavy (non-hydrogen) atoms. The average Bonchev–Trinajstić information content (AvgIpc) is 2.38. The lowest BCUT2D eigenvalue weighted by molar-refractivity contribution is -0.0136. The van der Waals surface area contributed by atoms with E-state index in [0.29, 0.717) is 23.4 Å². The number of alkyl halides is 1.